The fourth-order valence-corrected chi connectivity index (χ4v) is 5.36. The standard InChI is InChI=1S/C18H15F3N2O4S3/c19-18(20,21)27-14-4-6-15(7-5-14)30(25,26)23-13-3-1-2-12(10-13)16(24)11-29-17-22-8-9-28-17/h1-7,10,23H,8-9,11H2. The van der Waals surface area contributed by atoms with Crippen molar-refractivity contribution in [1.82, 2.24) is 0 Å². The van der Waals surface area contributed by atoms with Gasteiger partial charge >= 0.3 is 6.36 Å². The SMILES string of the molecule is O=C(CSC1=NCCS1)c1cccc(NS(=O)(=O)c2ccc(OC(F)(F)F)cc2)c1. The van der Waals surface area contributed by atoms with Crippen LogP contribution in [-0.4, -0.2) is 43.0 Å². The zero-order valence-electron chi connectivity index (χ0n) is 15.2. The van der Waals surface area contributed by atoms with Crippen LogP contribution in [0.2, 0.25) is 0 Å². The lowest BCUT2D eigenvalue weighted by atomic mass is 10.1. The van der Waals surface area contributed by atoms with Crippen LogP contribution in [0.25, 0.3) is 0 Å². The number of nitrogens with one attached hydrogen (secondary N) is 1. The van der Waals surface area contributed by atoms with E-state index in [0.29, 0.717) is 5.56 Å². The number of benzene rings is 2. The lowest BCUT2D eigenvalue weighted by molar-refractivity contribution is -0.274. The van der Waals surface area contributed by atoms with E-state index in [-0.39, 0.29) is 22.1 Å². The van der Waals surface area contributed by atoms with Gasteiger partial charge in [0.15, 0.2) is 5.78 Å². The number of carbonyl (C=O) groups excluding carboxylic acids is 1. The summed E-state index contributed by atoms with van der Waals surface area (Å²) >= 11 is 2.93. The fourth-order valence-electron chi connectivity index (χ4n) is 2.40. The summed E-state index contributed by atoms with van der Waals surface area (Å²) in [5.74, 6) is 0.376. The van der Waals surface area contributed by atoms with Crippen molar-refractivity contribution in [2.45, 2.75) is 11.3 Å². The molecule has 1 aliphatic heterocycles. The third kappa shape index (κ3) is 6.41. The smallest absolute Gasteiger partial charge is 0.406 e. The van der Waals surface area contributed by atoms with E-state index in [1.54, 1.807) is 17.8 Å². The maximum atomic E-state index is 12.5. The molecule has 0 aromatic heterocycles. The second-order valence-corrected chi connectivity index (χ2v) is 9.90. The molecule has 0 bridgehead atoms. The van der Waals surface area contributed by atoms with Crippen molar-refractivity contribution in [1.29, 1.82) is 0 Å². The van der Waals surface area contributed by atoms with E-state index < -0.39 is 22.1 Å². The van der Waals surface area contributed by atoms with Crippen molar-refractivity contribution in [2.75, 3.05) is 22.8 Å². The zero-order valence-corrected chi connectivity index (χ0v) is 17.6. The third-order valence-electron chi connectivity index (χ3n) is 3.69. The van der Waals surface area contributed by atoms with Crippen LogP contribution in [0.1, 0.15) is 10.4 Å². The van der Waals surface area contributed by atoms with E-state index in [4.69, 9.17) is 0 Å². The van der Waals surface area contributed by atoms with E-state index >= 15 is 0 Å². The van der Waals surface area contributed by atoms with Gasteiger partial charge in [-0.15, -0.1) is 13.2 Å². The first kappa shape index (κ1) is 22.5. The van der Waals surface area contributed by atoms with Crippen molar-refractivity contribution < 1.29 is 31.1 Å². The highest BCUT2D eigenvalue weighted by molar-refractivity contribution is 8.39. The van der Waals surface area contributed by atoms with Crippen LogP contribution >= 0.6 is 23.5 Å². The average Bonchev–Trinajstić information content (AvgIpc) is 3.19. The first-order chi connectivity index (χ1) is 14.1. The normalized spacial score (nSPS) is 14.3. The van der Waals surface area contributed by atoms with Gasteiger partial charge in [0.2, 0.25) is 0 Å². The molecular formula is C18H15F3N2O4S3. The van der Waals surface area contributed by atoms with Gasteiger partial charge in [-0.05, 0) is 36.4 Å². The van der Waals surface area contributed by atoms with Crippen LogP contribution in [0.4, 0.5) is 18.9 Å². The minimum Gasteiger partial charge on any atom is -0.406 e. The number of ether oxygens (including phenoxy) is 1. The summed E-state index contributed by atoms with van der Waals surface area (Å²) in [4.78, 5) is 16.4. The Morgan fingerprint density at radius 1 is 1.20 bits per heavy atom. The number of hydrogen-bond donors (Lipinski definition) is 1. The average molecular weight is 477 g/mol. The number of Topliss-reactive ketones (excluding diaryl/α,β-unsaturated/α-hetero) is 1. The van der Waals surface area contributed by atoms with Gasteiger partial charge in [0.05, 0.1) is 17.2 Å². The summed E-state index contributed by atoms with van der Waals surface area (Å²) in [7, 11) is -4.07. The molecule has 0 saturated carbocycles. The summed E-state index contributed by atoms with van der Waals surface area (Å²) in [6.45, 7) is 0.738. The molecule has 2 aromatic rings. The number of aliphatic imine (C=N–C) groups is 1. The van der Waals surface area contributed by atoms with Gasteiger partial charge in [-0.2, -0.15) is 0 Å². The number of alkyl halides is 3. The second kappa shape index (κ2) is 9.31. The van der Waals surface area contributed by atoms with E-state index in [2.05, 4.69) is 14.5 Å². The lowest BCUT2D eigenvalue weighted by Gasteiger charge is -2.11. The van der Waals surface area contributed by atoms with Crippen molar-refractivity contribution in [2.24, 2.45) is 4.99 Å². The number of rotatable bonds is 7. The minimum atomic E-state index is -4.87. The molecule has 0 radical (unpaired) electrons. The maximum absolute atomic E-state index is 12.5. The Labute approximate surface area is 179 Å². The quantitative estimate of drug-likeness (QED) is 0.596. The molecule has 0 aliphatic carbocycles. The number of thioether (sulfide) groups is 2. The largest absolute Gasteiger partial charge is 0.573 e. The summed E-state index contributed by atoms with van der Waals surface area (Å²) in [6, 6.07) is 9.80. The molecule has 0 unspecified atom stereocenters. The highest BCUT2D eigenvalue weighted by atomic mass is 32.2. The number of nitrogens with zero attached hydrogens (tertiary/aromatic N) is 1. The highest BCUT2D eigenvalue weighted by Crippen LogP contribution is 2.26. The van der Waals surface area contributed by atoms with Crippen LogP contribution in [0.15, 0.2) is 58.4 Å². The van der Waals surface area contributed by atoms with Gasteiger partial charge in [0, 0.05) is 17.0 Å². The summed E-state index contributed by atoms with van der Waals surface area (Å²) in [5.41, 5.74) is 0.495. The van der Waals surface area contributed by atoms with Crippen LogP contribution in [-0.2, 0) is 10.0 Å². The van der Waals surface area contributed by atoms with Crippen molar-refractivity contribution in [3.05, 3.63) is 54.1 Å². The predicted molar refractivity (Wildman–Crippen MR) is 112 cm³/mol. The number of sulfonamides is 1. The summed E-state index contributed by atoms with van der Waals surface area (Å²) in [6.07, 6.45) is -4.87. The molecular weight excluding hydrogens is 461 g/mol. The van der Waals surface area contributed by atoms with Crippen LogP contribution < -0.4 is 9.46 Å². The lowest BCUT2D eigenvalue weighted by Crippen LogP contribution is -2.17. The first-order valence-electron chi connectivity index (χ1n) is 8.44. The van der Waals surface area contributed by atoms with Gasteiger partial charge in [-0.1, -0.05) is 35.7 Å². The second-order valence-electron chi connectivity index (χ2n) is 5.91. The Morgan fingerprint density at radius 3 is 2.57 bits per heavy atom. The van der Waals surface area contributed by atoms with E-state index in [0.717, 1.165) is 40.9 Å². The first-order valence-corrected chi connectivity index (χ1v) is 11.9. The Bertz CT molecular complexity index is 1060. The van der Waals surface area contributed by atoms with Crippen LogP contribution in [0.3, 0.4) is 0 Å². The molecule has 1 aliphatic rings. The molecule has 0 atom stereocenters. The molecule has 2 aromatic carbocycles. The summed E-state index contributed by atoms with van der Waals surface area (Å²) in [5, 5.41) is 0. The molecule has 160 valence electrons. The molecule has 1 heterocycles. The minimum absolute atomic E-state index is 0.161. The Morgan fingerprint density at radius 2 is 1.93 bits per heavy atom. The molecule has 0 fully saturated rings. The van der Waals surface area contributed by atoms with E-state index in [1.165, 1.54) is 30.0 Å². The fraction of sp³-hybridized carbons (Fsp3) is 0.222. The topological polar surface area (TPSA) is 84.8 Å². The van der Waals surface area contributed by atoms with Gasteiger partial charge in [0.25, 0.3) is 10.0 Å². The Kier molecular flexibility index (Phi) is 6.98. The van der Waals surface area contributed by atoms with Gasteiger partial charge < -0.3 is 4.74 Å². The molecule has 30 heavy (non-hydrogen) atoms. The monoisotopic (exact) mass is 476 g/mol. The Balaban J connectivity index is 1.67. The number of hydrogen-bond acceptors (Lipinski definition) is 7. The number of ketones is 1. The molecule has 12 heteroatoms. The Hall–Kier alpha value is -2.18. The van der Waals surface area contributed by atoms with Gasteiger partial charge in [-0.25, -0.2) is 8.42 Å². The summed E-state index contributed by atoms with van der Waals surface area (Å²) < 4.78 is 68.6. The molecule has 0 saturated heterocycles. The van der Waals surface area contributed by atoms with Gasteiger partial charge in [-0.3, -0.25) is 14.5 Å². The number of carbonyl (C=O) groups is 1. The number of halogens is 3. The van der Waals surface area contributed by atoms with E-state index in [1.807, 2.05) is 0 Å². The van der Waals surface area contributed by atoms with Gasteiger partial charge in [0.1, 0.15) is 10.1 Å². The molecule has 0 spiro atoms. The predicted octanol–water partition coefficient (Wildman–Crippen LogP) is 4.40. The van der Waals surface area contributed by atoms with Crippen molar-refractivity contribution in [3.63, 3.8) is 0 Å². The maximum Gasteiger partial charge on any atom is 0.573 e. The van der Waals surface area contributed by atoms with E-state index in [9.17, 15) is 26.4 Å². The van der Waals surface area contributed by atoms with Crippen molar-refractivity contribution >= 4 is 49.4 Å². The highest BCUT2D eigenvalue weighted by Gasteiger charge is 2.31. The van der Waals surface area contributed by atoms with Crippen LogP contribution in [0.5, 0.6) is 5.75 Å². The van der Waals surface area contributed by atoms with Crippen molar-refractivity contribution in [3.8, 4) is 5.75 Å². The third-order valence-corrected chi connectivity index (χ3v) is 7.34. The molecule has 0 amide bonds. The molecule has 3 rings (SSSR count). The number of anilines is 1. The molecule has 1 N–H and O–H groups in total. The molecule has 6 nitrogen and oxygen atoms in total. The van der Waals surface area contributed by atoms with Crippen LogP contribution in [0, 0.1) is 0 Å². The zero-order chi connectivity index (χ0) is 21.8.